The van der Waals surface area contributed by atoms with E-state index in [9.17, 15) is 20.1 Å². The molecule has 1 aromatic carbocycles. The van der Waals surface area contributed by atoms with Gasteiger partial charge in [-0.05, 0) is 36.8 Å². The molecule has 1 unspecified atom stereocenters. The maximum Gasteiger partial charge on any atom is 0.212 e. The Hall–Kier alpha value is -2.69. The van der Waals surface area contributed by atoms with Gasteiger partial charge in [0.2, 0.25) is 11.5 Å². The van der Waals surface area contributed by atoms with Crippen LogP contribution in [0.25, 0.3) is 5.76 Å². The molecule has 1 aromatic rings. The molecular formula is C15H12O5. The number of rotatable bonds is 1. The third-order valence-electron chi connectivity index (χ3n) is 3.31. The number of hydrogen-bond donors (Lipinski definition) is 3. The number of carbonyl (C=O) groups excluding carboxylic acids is 1. The number of aliphatic hydroxyl groups excluding tert-OH is 2. The van der Waals surface area contributed by atoms with E-state index < -0.39 is 17.5 Å². The van der Waals surface area contributed by atoms with Gasteiger partial charge in [-0.15, -0.1) is 0 Å². The van der Waals surface area contributed by atoms with Crippen molar-refractivity contribution in [3.8, 4) is 5.75 Å². The molecule has 1 aliphatic heterocycles. The van der Waals surface area contributed by atoms with Crippen LogP contribution in [0.15, 0.2) is 53.7 Å². The third-order valence-corrected chi connectivity index (χ3v) is 3.31. The highest BCUT2D eigenvalue weighted by Gasteiger charge is 2.37. The number of fused-ring (bicyclic) bond motifs is 1. The van der Waals surface area contributed by atoms with E-state index in [1.807, 2.05) is 0 Å². The smallest absolute Gasteiger partial charge is 0.212 e. The van der Waals surface area contributed by atoms with Crippen molar-refractivity contribution >= 4 is 11.5 Å². The fourth-order valence-electron chi connectivity index (χ4n) is 2.25. The quantitative estimate of drug-likeness (QED) is 0.731. The van der Waals surface area contributed by atoms with E-state index in [4.69, 9.17) is 4.74 Å². The number of hydrogen-bond acceptors (Lipinski definition) is 5. The maximum atomic E-state index is 12.1. The zero-order chi connectivity index (χ0) is 14.3. The Labute approximate surface area is 114 Å². The summed E-state index contributed by atoms with van der Waals surface area (Å²) in [5.41, 5.74) is 0.474. The lowest BCUT2D eigenvalue weighted by atomic mass is 9.89. The zero-order valence-corrected chi connectivity index (χ0v) is 10.4. The maximum absolute atomic E-state index is 12.1. The number of benzene rings is 1. The molecule has 0 radical (unpaired) electrons. The normalized spacial score (nSPS) is 21.8. The van der Waals surface area contributed by atoms with Gasteiger partial charge >= 0.3 is 0 Å². The second-order valence-electron chi connectivity index (χ2n) is 4.65. The summed E-state index contributed by atoms with van der Waals surface area (Å²) in [5, 5.41) is 28.7. The van der Waals surface area contributed by atoms with E-state index in [-0.39, 0.29) is 17.3 Å². The molecule has 5 nitrogen and oxygen atoms in total. The summed E-state index contributed by atoms with van der Waals surface area (Å²) in [6.45, 7) is 0. The van der Waals surface area contributed by atoms with E-state index in [0.29, 0.717) is 17.7 Å². The molecule has 1 heterocycles. The molecule has 1 aliphatic carbocycles. The highest BCUT2D eigenvalue weighted by Crippen LogP contribution is 2.37. The van der Waals surface area contributed by atoms with E-state index in [0.717, 1.165) is 0 Å². The number of ketones is 1. The third kappa shape index (κ3) is 1.93. The average molecular weight is 272 g/mol. The second-order valence-corrected chi connectivity index (χ2v) is 4.65. The second kappa shape index (κ2) is 4.45. The van der Waals surface area contributed by atoms with E-state index in [1.165, 1.54) is 36.4 Å². The molecule has 1 atom stereocenters. The standard InChI is InChI=1S/C15H12O5/c16-9-3-1-8(2-4-9)15-14(19)13(18)11-6-5-10(17)7-12(11)20-15/h1-5,7,11,16-17,19H,6H2. The predicted molar refractivity (Wildman–Crippen MR) is 70.6 cm³/mol. The Kier molecular flexibility index (Phi) is 2.75. The molecule has 2 aliphatic rings. The van der Waals surface area contributed by atoms with Crippen LogP contribution in [0, 0.1) is 5.92 Å². The Morgan fingerprint density at radius 1 is 1.10 bits per heavy atom. The van der Waals surface area contributed by atoms with Crippen LogP contribution in [0.3, 0.4) is 0 Å². The van der Waals surface area contributed by atoms with Gasteiger partial charge in [-0.2, -0.15) is 0 Å². The van der Waals surface area contributed by atoms with Gasteiger partial charge in [0.1, 0.15) is 17.3 Å². The summed E-state index contributed by atoms with van der Waals surface area (Å²) in [6, 6.07) is 5.94. The average Bonchev–Trinajstić information content (AvgIpc) is 2.44. The Morgan fingerprint density at radius 3 is 2.50 bits per heavy atom. The van der Waals surface area contributed by atoms with Gasteiger partial charge in [0.05, 0.1) is 5.92 Å². The fraction of sp³-hybridized carbons (Fsp3) is 0.133. The highest BCUT2D eigenvalue weighted by atomic mass is 16.5. The summed E-state index contributed by atoms with van der Waals surface area (Å²) < 4.78 is 5.56. The van der Waals surface area contributed by atoms with Crippen LogP contribution < -0.4 is 0 Å². The van der Waals surface area contributed by atoms with Crippen molar-refractivity contribution in [1.82, 2.24) is 0 Å². The van der Waals surface area contributed by atoms with Crippen LogP contribution >= 0.6 is 0 Å². The fourth-order valence-corrected chi connectivity index (χ4v) is 2.25. The molecule has 0 amide bonds. The predicted octanol–water partition coefficient (Wildman–Crippen LogP) is 2.56. The summed E-state index contributed by atoms with van der Waals surface area (Å²) in [4.78, 5) is 12.1. The lowest BCUT2D eigenvalue weighted by Crippen LogP contribution is -2.27. The first kappa shape index (κ1) is 12.3. The van der Waals surface area contributed by atoms with Crippen molar-refractivity contribution in [2.45, 2.75) is 6.42 Å². The Morgan fingerprint density at radius 2 is 1.80 bits per heavy atom. The van der Waals surface area contributed by atoms with E-state index in [2.05, 4.69) is 0 Å². The highest BCUT2D eigenvalue weighted by molar-refractivity contribution is 6.03. The molecule has 0 bridgehead atoms. The van der Waals surface area contributed by atoms with Crippen molar-refractivity contribution in [2.75, 3.05) is 0 Å². The molecule has 0 fully saturated rings. The van der Waals surface area contributed by atoms with Gasteiger partial charge < -0.3 is 20.1 Å². The number of phenols is 1. The summed E-state index contributed by atoms with van der Waals surface area (Å²) in [5.74, 6) is -1.00. The largest absolute Gasteiger partial charge is 0.508 e. The van der Waals surface area contributed by atoms with Crippen molar-refractivity contribution < 1.29 is 24.9 Å². The number of aromatic hydroxyl groups is 1. The number of phenolic OH excluding ortho intramolecular Hbond substituents is 1. The molecule has 5 heteroatoms. The minimum Gasteiger partial charge on any atom is -0.508 e. The van der Waals surface area contributed by atoms with Crippen LogP contribution in [0.5, 0.6) is 5.75 Å². The first-order valence-electron chi connectivity index (χ1n) is 6.11. The first-order chi connectivity index (χ1) is 9.56. The van der Waals surface area contributed by atoms with Crippen LogP contribution in [-0.2, 0) is 9.53 Å². The number of aliphatic hydroxyl groups is 2. The minimum absolute atomic E-state index is 0.0344. The number of carbonyl (C=O) groups is 1. The van der Waals surface area contributed by atoms with E-state index >= 15 is 0 Å². The van der Waals surface area contributed by atoms with Crippen LogP contribution in [0.1, 0.15) is 12.0 Å². The molecule has 0 saturated heterocycles. The molecule has 3 N–H and O–H groups in total. The molecule has 0 saturated carbocycles. The van der Waals surface area contributed by atoms with Gasteiger partial charge in [-0.25, -0.2) is 0 Å². The summed E-state index contributed by atoms with van der Waals surface area (Å²) >= 11 is 0. The van der Waals surface area contributed by atoms with Gasteiger partial charge in [0.15, 0.2) is 5.76 Å². The van der Waals surface area contributed by atoms with Gasteiger partial charge in [0.25, 0.3) is 0 Å². The Bertz CT molecular complexity index is 664. The molecule has 3 rings (SSSR count). The van der Waals surface area contributed by atoms with Gasteiger partial charge in [-0.1, -0.05) is 0 Å². The number of Topliss-reactive ketones (excluding diaryl/α,β-unsaturated/α-hetero) is 1. The molecular weight excluding hydrogens is 260 g/mol. The lowest BCUT2D eigenvalue weighted by Gasteiger charge is -2.27. The number of allylic oxidation sites excluding steroid dienone is 4. The van der Waals surface area contributed by atoms with E-state index in [1.54, 1.807) is 0 Å². The van der Waals surface area contributed by atoms with Gasteiger partial charge in [-0.3, -0.25) is 4.79 Å². The SMILES string of the molecule is O=C1C(O)=C(c2ccc(O)cc2)OC2=CC(O)=CCC12. The minimum atomic E-state index is -0.591. The summed E-state index contributed by atoms with van der Waals surface area (Å²) in [7, 11) is 0. The summed E-state index contributed by atoms with van der Waals surface area (Å²) in [6.07, 6.45) is 3.18. The Balaban J connectivity index is 2.05. The zero-order valence-electron chi connectivity index (χ0n) is 10.4. The van der Waals surface area contributed by atoms with Crippen molar-refractivity contribution in [1.29, 1.82) is 0 Å². The topological polar surface area (TPSA) is 87.0 Å². The first-order valence-corrected chi connectivity index (χ1v) is 6.11. The van der Waals surface area contributed by atoms with Gasteiger partial charge in [0, 0.05) is 11.6 Å². The molecule has 0 spiro atoms. The van der Waals surface area contributed by atoms with Crippen LogP contribution in [0.2, 0.25) is 0 Å². The molecule has 102 valence electrons. The number of ether oxygens (including phenoxy) is 1. The van der Waals surface area contributed by atoms with Crippen molar-refractivity contribution in [2.24, 2.45) is 5.92 Å². The van der Waals surface area contributed by atoms with Crippen LogP contribution in [-0.4, -0.2) is 21.1 Å². The monoisotopic (exact) mass is 272 g/mol. The van der Waals surface area contributed by atoms with Crippen LogP contribution in [0.4, 0.5) is 0 Å². The molecule has 20 heavy (non-hydrogen) atoms. The van der Waals surface area contributed by atoms with Crippen molar-refractivity contribution in [3.63, 3.8) is 0 Å². The lowest BCUT2D eigenvalue weighted by molar-refractivity contribution is -0.122. The van der Waals surface area contributed by atoms with Crippen molar-refractivity contribution in [3.05, 3.63) is 59.3 Å². The molecule has 0 aromatic heterocycles.